The molecule has 8 aromatic rings. The first-order chi connectivity index (χ1) is 26.3. The molecule has 4 aromatic heterocycles. The molecule has 0 aliphatic carbocycles. The van der Waals surface area contributed by atoms with Gasteiger partial charge in [-0.1, -0.05) is 48.5 Å². The fourth-order valence-corrected chi connectivity index (χ4v) is 7.77. The molecule has 54 heavy (non-hydrogen) atoms. The number of hydrogen-bond acceptors (Lipinski definition) is 8. The van der Waals surface area contributed by atoms with Crippen molar-refractivity contribution in [3.8, 4) is 11.5 Å². The van der Waals surface area contributed by atoms with Crippen LogP contribution in [0.3, 0.4) is 0 Å². The number of ether oxygens (including phenoxy) is 2. The van der Waals surface area contributed by atoms with Crippen molar-refractivity contribution in [2.45, 2.75) is 52.4 Å². The van der Waals surface area contributed by atoms with E-state index in [2.05, 4.69) is 119 Å². The van der Waals surface area contributed by atoms with Crippen LogP contribution in [0.25, 0.3) is 43.6 Å². The van der Waals surface area contributed by atoms with Gasteiger partial charge in [-0.2, -0.15) is 0 Å². The first kappa shape index (κ1) is 33.5. The van der Waals surface area contributed by atoms with Gasteiger partial charge in [-0.3, -0.25) is 9.97 Å². The van der Waals surface area contributed by atoms with Crippen molar-refractivity contribution in [3.63, 3.8) is 0 Å². The van der Waals surface area contributed by atoms with E-state index in [0.717, 1.165) is 107 Å². The smallest absolute Gasteiger partial charge is 0.150 e. The van der Waals surface area contributed by atoms with Gasteiger partial charge in [-0.25, -0.2) is 9.97 Å². The van der Waals surface area contributed by atoms with Gasteiger partial charge < -0.3 is 20.9 Å². The van der Waals surface area contributed by atoms with Gasteiger partial charge >= 0.3 is 0 Å². The minimum atomic E-state index is 0.494. The molecule has 0 saturated heterocycles. The second-order valence-corrected chi connectivity index (χ2v) is 14.6. The zero-order valence-electron chi connectivity index (χ0n) is 30.7. The fourth-order valence-electron chi connectivity index (χ4n) is 7.77. The van der Waals surface area contributed by atoms with Crippen molar-refractivity contribution in [1.29, 1.82) is 0 Å². The average Bonchev–Trinajstić information content (AvgIpc) is 3.86. The van der Waals surface area contributed by atoms with Crippen LogP contribution in [0, 0.1) is 13.8 Å². The van der Waals surface area contributed by atoms with Crippen molar-refractivity contribution in [1.82, 2.24) is 19.9 Å². The number of nitrogens with zero attached hydrogens (tertiary/aromatic N) is 4. The number of nitrogen functional groups attached to an aromatic ring is 2. The van der Waals surface area contributed by atoms with E-state index in [0.29, 0.717) is 11.6 Å². The number of pyridine rings is 4. The predicted octanol–water partition coefficient (Wildman–Crippen LogP) is 8.79. The monoisotopic (exact) mass is 710 g/mol. The Kier molecular flexibility index (Phi) is 8.66. The summed E-state index contributed by atoms with van der Waals surface area (Å²) >= 11 is 0. The quantitative estimate of drug-likeness (QED) is 0.164. The summed E-state index contributed by atoms with van der Waals surface area (Å²) in [7, 11) is 0. The maximum Gasteiger partial charge on any atom is 0.150 e. The Bertz CT molecular complexity index is 2560. The summed E-state index contributed by atoms with van der Waals surface area (Å²) < 4.78 is 11.2. The van der Waals surface area contributed by atoms with Crippen molar-refractivity contribution >= 4 is 55.2 Å². The predicted molar refractivity (Wildman–Crippen MR) is 218 cm³/mol. The Morgan fingerprint density at radius 2 is 0.944 bits per heavy atom. The largest absolute Gasteiger partial charge is 0.493 e. The Hall–Kier alpha value is -6.28. The zero-order chi connectivity index (χ0) is 36.8. The maximum absolute atomic E-state index is 6.15. The number of benzene rings is 4. The van der Waals surface area contributed by atoms with Gasteiger partial charge in [-0.15, -0.1) is 0 Å². The number of rotatable bonds is 6. The third-order valence-electron chi connectivity index (χ3n) is 10.7. The first-order valence-electron chi connectivity index (χ1n) is 18.7. The molecule has 0 unspecified atom stereocenters. The lowest BCUT2D eigenvalue weighted by atomic mass is 10.0. The van der Waals surface area contributed by atoms with Crippen LogP contribution in [0.2, 0.25) is 0 Å². The van der Waals surface area contributed by atoms with Crippen LogP contribution in [-0.4, -0.2) is 33.1 Å². The Labute approximate surface area is 314 Å². The molecule has 0 spiro atoms. The molecule has 8 heteroatoms. The van der Waals surface area contributed by atoms with E-state index in [1.54, 1.807) is 0 Å². The number of fused-ring (bicyclic) bond motifs is 8. The molecule has 4 N–H and O–H groups in total. The highest BCUT2D eigenvalue weighted by Gasteiger charge is 2.15. The van der Waals surface area contributed by atoms with E-state index < -0.39 is 0 Å². The van der Waals surface area contributed by atoms with E-state index in [1.165, 1.54) is 44.5 Å². The van der Waals surface area contributed by atoms with Gasteiger partial charge in [0.25, 0.3) is 0 Å². The summed E-state index contributed by atoms with van der Waals surface area (Å²) in [6, 6.07) is 30.1. The third-order valence-corrected chi connectivity index (χ3v) is 10.7. The summed E-state index contributed by atoms with van der Waals surface area (Å²) in [5.74, 6) is 3.06. The molecule has 0 amide bonds. The van der Waals surface area contributed by atoms with Crippen LogP contribution in [0.15, 0.2) is 97.3 Å². The summed E-state index contributed by atoms with van der Waals surface area (Å²) in [5, 5.41) is 4.37. The van der Waals surface area contributed by atoms with Crippen LogP contribution in [0.5, 0.6) is 11.5 Å². The lowest BCUT2D eigenvalue weighted by Gasteiger charge is -2.09. The van der Waals surface area contributed by atoms with Gasteiger partial charge in [0.2, 0.25) is 0 Å². The molecule has 2 aliphatic rings. The Balaban J connectivity index is 0.000000142. The highest BCUT2D eigenvalue weighted by molar-refractivity contribution is 6.09. The fraction of sp³-hybridized carbons (Fsp3) is 0.217. The third kappa shape index (κ3) is 6.60. The number of aryl methyl sites for hydroxylation is 6. The van der Waals surface area contributed by atoms with E-state index in [1.807, 2.05) is 12.4 Å². The highest BCUT2D eigenvalue weighted by Crippen LogP contribution is 2.31. The molecule has 0 saturated carbocycles. The molecular weight excluding hydrogens is 669 g/mol. The average molecular weight is 711 g/mol. The van der Waals surface area contributed by atoms with Crippen LogP contribution in [0.4, 0.5) is 11.6 Å². The van der Waals surface area contributed by atoms with Crippen molar-refractivity contribution in [2.75, 3.05) is 24.7 Å². The normalized spacial score (nSPS) is 13.1. The lowest BCUT2D eigenvalue weighted by molar-refractivity contribution is 0.356. The Morgan fingerprint density at radius 3 is 1.41 bits per heavy atom. The summed E-state index contributed by atoms with van der Waals surface area (Å²) in [5.41, 5.74) is 25.8. The summed E-state index contributed by atoms with van der Waals surface area (Å²) in [4.78, 5) is 18.3. The number of aromatic nitrogens is 4. The molecule has 8 nitrogen and oxygen atoms in total. The molecule has 268 valence electrons. The standard InChI is InChI=1S/2C23H21N3O/c2*1-14-2-6-18-19-12-16(13-25-22(19)23(24)26-20(18)10-14)4-3-15-5-7-21-17(11-15)8-9-27-21/h2*2,5-7,10-13H,3-4,8-9H2,1H3,(H2,24,26). The lowest BCUT2D eigenvalue weighted by Crippen LogP contribution is -1.98. The van der Waals surface area contributed by atoms with Gasteiger partial charge in [0, 0.05) is 46.8 Å². The van der Waals surface area contributed by atoms with Crippen molar-refractivity contribution in [3.05, 3.63) is 142 Å². The summed E-state index contributed by atoms with van der Waals surface area (Å²) in [6.45, 7) is 5.74. The van der Waals surface area contributed by atoms with Crippen LogP contribution < -0.4 is 20.9 Å². The van der Waals surface area contributed by atoms with Crippen LogP contribution >= 0.6 is 0 Å². The van der Waals surface area contributed by atoms with Crippen molar-refractivity contribution in [2.24, 2.45) is 0 Å². The molecule has 6 heterocycles. The number of anilines is 2. The van der Waals surface area contributed by atoms with Crippen LogP contribution in [-0.2, 0) is 38.5 Å². The van der Waals surface area contributed by atoms with Gasteiger partial charge in [0.1, 0.15) is 22.5 Å². The van der Waals surface area contributed by atoms with E-state index in [9.17, 15) is 0 Å². The number of hydrogen-bond donors (Lipinski definition) is 2. The molecule has 0 radical (unpaired) electrons. The molecule has 2 aliphatic heterocycles. The highest BCUT2D eigenvalue weighted by atomic mass is 16.5. The second-order valence-electron chi connectivity index (χ2n) is 14.6. The molecule has 0 atom stereocenters. The molecule has 0 fully saturated rings. The molecule has 10 rings (SSSR count). The van der Waals surface area contributed by atoms with E-state index in [-0.39, 0.29) is 0 Å². The Morgan fingerprint density at radius 1 is 0.500 bits per heavy atom. The SMILES string of the molecule is Cc1ccc2c(c1)nc(N)c1ncc(CCc3ccc4c(c3)CCO4)cc12.Cc1ccc2c(c1)nc(N)c1ncc(CCc3ccc4c(c3)CCO4)cc12. The van der Waals surface area contributed by atoms with E-state index in [4.69, 9.17) is 20.9 Å². The zero-order valence-corrected chi connectivity index (χ0v) is 30.7. The molecule has 4 aromatic carbocycles. The second kappa shape index (κ2) is 13.9. The van der Waals surface area contributed by atoms with Crippen LogP contribution in [0.1, 0.15) is 44.5 Å². The molecular formula is C46H42N6O2. The van der Waals surface area contributed by atoms with Crippen molar-refractivity contribution < 1.29 is 9.47 Å². The van der Waals surface area contributed by atoms with Gasteiger partial charge in [0.15, 0.2) is 11.6 Å². The first-order valence-corrected chi connectivity index (χ1v) is 18.7. The summed E-state index contributed by atoms with van der Waals surface area (Å²) in [6.07, 6.45) is 9.73. The van der Waals surface area contributed by atoms with Gasteiger partial charge in [-0.05, 0) is 120 Å². The topological polar surface area (TPSA) is 122 Å². The van der Waals surface area contributed by atoms with E-state index >= 15 is 0 Å². The minimum absolute atomic E-state index is 0.494. The number of nitrogens with two attached hydrogens (primary N) is 2. The minimum Gasteiger partial charge on any atom is -0.493 e. The van der Waals surface area contributed by atoms with Gasteiger partial charge in [0.05, 0.1) is 24.2 Å². The molecule has 0 bridgehead atoms. The maximum atomic E-state index is 6.15.